The van der Waals surface area contributed by atoms with Crippen LogP contribution in [0.25, 0.3) is 67.6 Å². The molecule has 428 valence electrons. The summed E-state index contributed by atoms with van der Waals surface area (Å²) in [4.78, 5) is 26.2. The lowest BCUT2D eigenvalue weighted by Gasteiger charge is -2.32. The summed E-state index contributed by atoms with van der Waals surface area (Å²) in [6, 6.07) is 30.4. The normalized spacial score (nSPS) is 12.1. The predicted molar refractivity (Wildman–Crippen MR) is 346 cm³/mol. The maximum absolute atomic E-state index is 14.5. The average molecular weight is 1170 g/mol. The van der Waals surface area contributed by atoms with Crippen LogP contribution in [0.2, 0.25) is 0 Å². The number of amides is 1. The van der Waals surface area contributed by atoms with Gasteiger partial charge in [-0.05, 0) is 155 Å². The average Bonchev–Trinajstić information content (AvgIpc) is 4.33. The van der Waals surface area contributed by atoms with Crippen molar-refractivity contribution in [2.75, 3.05) is 32.5 Å². The van der Waals surface area contributed by atoms with Crippen LogP contribution in [0.15, 0.2) is 72.3 Å². The maximum Gasteiger partial charge on any atom is 0.521 e. The van der Waals surface area contributed by atoms with E-state index in [1.165, 1.54) is 154 Å². The molecular weight excluding hydrogens is 1080 g/mol. The molecule has 0 radical (unpaired) electrons. The Kier molecular flexibility index (Phi) is 25.4. The monoisotopic (exact) mass is 1170 g/mol. The summed E-state index contributed by atoms with van der Waals surface area (Å²) in [5.41, 5.74) is 9.36. The summed E-state index contributed by atoms with van der Waals surface area (Å²) in [7, 11) is -3.39. The highest BCUT2D eigenvalue weighted by molar-refractivity contribution is 7.29. The molecule has 1 amide bonds. The fourth-order valence-corrected chi connectivity index (χ4v) is 18.9. The first kappa shape index (κ1) is 62.9. The number of nitrogens with zero attached hydrogens (tertiary/aromatic N) is 4. The van der Waals surface area contributed by atoms with Gasteiger partial charge in [0.15, 0.2) is 0 Å². The molecule has 0 bridgehead atoms. The summed E-state index contributed by atoms with van der Waals surface area (Å²) in [6.45, 7) is 18.7. The lowest BCUT2D eigenvalue weighted by Crippen LogP contribution is -2.57. The van der Waals surface area contributed by atoms with Crippen molar-refractivity contribution in [3.05, 3.63) is 99.4 Å². The Morgan fingerprint density at radius 3 is 1.50 bits per heavy atom. The highest BCUT2D eigenvalue weighted by atomic mass is 32.1. The number of hydrogen-bond acceptors (Lipinski definition) is 10. The number of aryl methyl sites for hydroxylation is 5. The first-order valence-electron chi connectivity index (χ1n) is 30.4. The molecule has 0 fully saturated rings. The van der Waals surface area contributed by atoms with Gasteiger partial charge in [0.25, 0.3) is 5.91 Å². The Morgan fingerprint density at radius 2 is 1.01 bits per heavy atom. The van der Waals surface area contributed by atoms with E-state index in [4.69, 9.17) is 13.3 Å². The minimum Gasteiger partial charge on any atom is -0.373 e. The van der Waals surface area contributed by atoms with Crippen molar-refractivity contribution in [1.82, 2.24) is 9.47 Å². The van der Waals surface area contributed by atoms with Crippen LogP contribution in [0.4, 0.5) is 0 Å². The minimum absolute atomic E-state index is 0.00699. The number of hydrogen-bond donors (Lipinski definition) is 0. The van der Waals surface area contributed by atoms with E-state index in [0.29, 0.717) is 19.8 Å². The third-order valence-corrected chi connectivity index (χ3v) is 23.4. The van der Waals surface area contributed by atoms with Crippen LogP contribution < -0.4 is 0 Å². The molecule has 0 aliphatic heterocycles. The van der Waals surface area contributed by atoms with Gasteiger partial charge in [-0.15, -0.1) is 45.3 Å². The Morgan fingerprint density at radius 1 is 0.550 bits per heavy atom. The van der Waals surface area contributed by atoms with Crippen LogP contribution >= 0.6 is 45.3 Å². The largest absolute Gasteiger partial charge is 0.521 e. The number of unbranched alkanes of at least 4 members (excludes halogenated alkanes) is 12. The molecule has 0 spiro atoms. The lowest BCUT2D eigenvalue weighted by atomic mass is 10.0. The predicted octanol–water partition coefficient (Wildman–Crippen LogP) is 20.1. The maximum atomic E-state index is 14.5. The summed E-state index contributed by atoms with van der Waals surface area (Å²) >= 11 is 7.61. The zero-order valence-corrected chi connectivity index (χ0v) is 53.6. The summed E-state index contributed by atoms with van der Waals surface area (Å²) in [5, 5.41) is 23.4. The number of rotatable bonds is 36. The van der Waals surface area contributed by atoms with E-state index in [0.717, 1.165) is 74.8 Å². The SMILES string of the molecule is CCCCCCc1cc(-c2sc(-c3sc(-c4sc(-c5ccc6c(c5)c5ccccc5n6CC)cc4CCCCCC)cc3CCCCCC)cc2CCCCCC)sc1/C=C(\C#N)C(=O)N(CC#N)C[Si](OCC)(OCC)OCC. The zero-order chi connectivity index (χ0) is 56.9. The molecule has 5 aromatic heterocycles. The fraction of sp³-hybridized carbons (Fsp3) is 0.507. The van der Waals surface area contributed by atoms with Gasteiger partial charge in [0.2, 0.25) is 0 Å². The van der Waals surface area contributed by atoms with Crippen molar-refractivity contribution in [3.8, 4) is 51.8 Å². The zero-order valence-electron chi connectivity index (χ0n) is 49.4. The lowest BCUT2D eigenvalue weighted by molar-refractivity contribution is -0.126. The molecule has 80 heavy (non-hydrogen) atoms. The number of carbonyl (C=O) groups is 1. The molecule has 7 aromatic rings. The number of carbonyl (C=O) groups excluding carboxylic acids is 1. The first-order chi connectivity index (χ1) is 39.1. The number of nitriles is 2. The standard InChI is InChI=1S/C67H88N4O4S4Si/c1-9-17-21-25-31-49-42-61(76-59(49)46-54(47-69)67(72)70(40-39-68)48-80(73-14-6,74-15-7)75-16-8)64-52(33-27-23-19-11-3)44-63(78-64)66-53(34-28-24-20-12-4)45-62(79-66)65-51(32-26-22-18-10-2)43-60(77-65)50-37-38-58-56(41-50)55-35-29-30-36-57(55)71(58)13-5/h29-30,35-38,41-46H,9-28,31-34,40,48H2,1-8H3/b54-46+. The van der Waals surface area contributed by atoms with Crippen LogP contribution in [0.5, 0.6) is 0 Å². The van der Waals surface area contributed by atoms with Crippen molar-refractivity contribution in [2.45, 2.75) is 190 Å². The Balaban J connectivity index is 1.33. The van der Waals surface area contributed by atoms with Gasteiger partial charge in [0.05, 0.1) is 12.2 Å². The van der Waals surface area contributed by atoms with Gasteiger partial charge in [0, 0.05) is 87.2 Å². The number of benzene rings is 2. The molecule has 0 atom stereocenters. The van der Waals surface area contributed by atoms with Crippen LogP contribution in [-0.2, 0) is 50.3 Å². The quantitative estimate of drug-likeness (QED) is 0.0128. The van der Waals surface area contributed by atoms with Gasteiger partial charge in [-0.3, -0.25) is 4.79 Å². The molecule has 7 rings (SSSR count). The molecule has 0 saturated carbocycles. The van der Waals surface area contributed by atoms with Crippen LogP contribution in [0.3, 0.4) is 0 Å². The molecule has 0 saturated heterocycles. The first-order valence-corrected chi connectivity index (χ1v) is 35.6. The van der Waals surface area contributed by atoms with E-state index < -0.39 is 14.7 Å². The van der Waals surface area contributed by atoms with E-state index in [1.54, 1.807) is 17.4 Å². The van der Waals surface area contributed by atoms with Gasteiger partial charge >= 0.3 is 8.80 Å². The Bertz CT molecular complexity index is 3180. The number of fused-ring (bicyclic) bond motifs is 3. The smallest absolute Gasteiger partial charge is 0.373 e. The second kappa shape index (κ2) is 32.2. The van der Waals surface area contributed by atoms with E-state index in [1.807, 2.05) is 54.8 Å². The minimum atomic E-state index is -3.39. The highest BCUT2D eigenvalue weighted by Crippen LogP contribution is 2.50. The third kappa shape index (κ3) is 15.9. The Hall–Kier alpha value is -4.67. The van der Waals surface area contributed by atoms with Crippen molar-refractivity contribution >= 4 is 87.9 Å². The highest BCUT2D eigenvalue weighted by Gasteiger charge is 2.44. The van der Waals surface area contributed by atoms with E-state index in [-0.39, 0.29) is 18.3 Å². The molecule has 0 N–H and O–H groups in total. The molecule has 0 aliphatic rings. The number of aromatic nitrogens is 1. The van der Waals surface area contributed by atoms with Gasteiger partial charge in [-0.2, -0.15) is 10.5 Å². The molecular formula is C67H88N4O4S4Si. The second-order valence-electron chi connectivity index (χ2n) is 21.1. The molecule has 0 aliphatic carbocycles. The van der Waals surface area contributed by atoms with Crippen LogP contribution in [0, 0.1) is 22.7 Å². The van der Waals surface area contributed by atoms with Gasteiger partial charge in [0.1, 0.15) is 18.2 Å². The van der Waals surface area contributed by atoms with Gasteiger partial charge < -0.3 is 22.7 Å². The van der Waals surface area contributed by atoms with Crippen molar-refractivity contribution < 1.29 is 18.1 Å². The number of thiophene rings is 4. The number of para-hydroxylation sites is 1. The fourth-order valence-electron chi connectivity index (χ4n) is 11.1. The van der Waals surface area contributed by atoms with Crippen molar-refractivity contribution in [1.29, 1.82) is 10.5 Å². The molecule has 13 heteroatoms. The van der Waals surface area contributed by atoms with Crippen molar-refractivity contribution in [3.63, 3.8) is 0 Å². The summed E-state index contributed by atoms with van der Waals surface area (Å²) < 4.78 is 20.8. The Labute approximate surface area is 496 Å². The topological polar surface area (TPSA) is 101 Å². The van der Waals surface area contributed by atoms with Gasteiger partial charge in [-0.1, -0.05) is 129 Å². The van der Waals surface area contributed by atoms with Gasteiger partial charge in [-0.25, -0.2) is 0 Å². The van der Waals surface area contributed by atoms with E-state index in [9.17, 15) is 15.3 Å². The summed E-state index contributed by atoms with van der Waals surface area (Å²) in [6.07, 6.45) is 24.7. The van der Waals surface area contributed by atoms with E-state index in [2.05, 4.69) is 118 Å². The van der Waals surface area contributed by atoms with Crippen molar-refractivity contribution in [2.24, 2.45) is 0 Å². The molecule has 8 nitrogen and oxygen atoms in total. The van der Waals surface area contributed by atoms with E-state index >= 15 is 0 Å². The van der Waals surface area contributed by atoms with Crippen LogP contribution in [0.1, 0.15) is 185 Å². The molecule has 2 aromatic carbocycles. The third-order valence-electron chi connectivity index (χ3n) is 15.2. The molecule has 0 unspecified atom stereocenters. The van der Waals surface area contributed by atoms with Crippen LogP contribution in [-0.4, -0.2) is 56.7 Å². The summed E-state index contributed by atoms with van der Waals surface area (Å²) in [5.74, 6) is -0.518. The second-order valence-corrected chi connectivity index (χ2v) is 27.9. The molecule has 5 heterocycles.